The van der Waals surface area contributed by atoms with Crippen molar-refractivity contribution in [2.75, 3.05) is 0 Å². The molecule has 1 amide bonds. The van der Waals surface area contributed by atoms with Crippen LogP contribution in [-0.4, -0.2) is 10.5 Å². The maximum absolute atomic E-state index is 12.0. The Kier molecular flexibility index (Phi) is 4.09. The molecule has 0 aliphatic carbocycles. The number of carbonyl (C=O) groups is 1. The van der Waals surface area contributed by atoms with Crippen LogP contribution in [-0.2, 0) is 11.8 Å². The molecule has 5 heteroatoms. The highest BCUT2D eigenvalue weighted by Gasteiger charge is 2.07. The van der Waals surface area contributed by atoms with Gasteiger partial charge in [-0.25, -0.2) is 0 Å². The molecule has 0 aliphatic rings. The fraction of sp³-hybridized carbons (Fsp3) is 0.176. The fourth-order valence-corrected chi connectivity index (χ4v) is 4.04. The van der Waals surface area contributed by atoms with Gasteiger partial charge in [0.2, 0.25) is 0 Å². The second-order valence-electron chi connectivity index (χ2n) is 5.17. The van der Waals surface area contributed by atoms with Gasteiger partial charge in [-0.1, -0.05) is 23.5 Å². The first-order valence-corrected chi connectivity index (χ1v) is 8.61. The summed E-state index contributed by atoms with van der Waals surface area (Å²) in [5.74, 6) is -0.232. The summed E-state index contributed by atoms with van der Waals surface area (Å²) in [6, 6.07) is 8.22. The molecule has 0 unspecified atom stereocenters. The Morgan fingerprint density at radius 2 is 2.14 bits per heavy atom. The second-order valence-corrected chi connectivity index (χ2v) is 7.13. The van der Waals surface area contributed by atoms with Gasteiger partial charge >= 0.3 is 0 Å². The van der Waals surface area contributed by atoms with Crippen LogP contribution in [0.3, 0.4) is 0 Å². The zero-order valence-corrected chi connectivity index (χ0v) is 14.3. The highest BCUT2D eigenvalue weighted by Crippen LogP contribution is 2.22. The van der Waals surface area contributed by atoms with E-state index in [1.54, 1.807) is 28.7 Å². The number of carbonyl (C=O) groups excluding carboxylic acids is 1. The van der Waals surface area contributed by atoms with E-state index < -0.39 is 0 Å². The molecule has 22 heavy (non-hydrogen) atoms. The van der Waals surface area contributed by atoms with Crippen molar-refractivity contribution in [1.82, 2.24) is 4.57 Å². The van der Waals surface area contributed by atoms with Crippen molar-refractivity contribution in [3.63, 3.8) is 0 Å². The third kappa shape index (κ3) is 2.96. The first kappa shape index (κ1) is 14.9. The summed E-state index contributed by atoms with van der Waals surface area (Å²) in [5, 5.41) is 1.98. The van der Waals surface area contributed by atoms with Gasteiger partial charge in [0.15, 0.2) is 4.80 Å². The molecule has 3 nitrogen and oxygen atoms in total. The maximum atomic E-state index is 12.0. The Balaban J connectivity index is 2.01. The smallest absolute Gasteiger partial charge is 0.272 e. The average Bonchev–Trinajstić information content (AvgIpc) is 3.08. The number of thiophene rings is 1. The number of thiazole rings is 1. The van der Waals surface area contributed by atoms with Crippen LogP contribution in [0.15, 0.2) is 40.7 Å². The largest absolute Gasteiger partial charge is 0.319 e. The van der Waals surface area contributed by atoms with Crippen LogP contribution >= 0.6 is 22.7 Å². The maximum Gasteiger partial charge on any atom is 0.272 e. The van der Waals surface area contributed by atoms with Crippen LogP contribution in [0.5, 0.6) is 0 Å². The number of hydrogen-bond acceptors (Lipinski definition) is 3. The topological polar surface area (TPSA) is 34.4 Å². The zero-order chi connectivity index (χ0) is 15.7. The SMILES string of the molecule is Cc1cc(C)c2sc(=NC(=O)C=Cc3cccs3)n(C)c2c1. The van der Waals surface area contributed by atoms with Gasteiger partial charge in [0.1, 0.15) is 0 Å². The number of amides is 1. The molecular weight excluding hydrogens is 312 g/mol. The molecule has 1 aromatic carbocycles. The van der Waals surface area contributed by atoms with Crippen molar-refractivity contribution in [2.24, 2.45) is 12.0 Å². The van der Waals surface area contributed by atoms with Gasteiger partial charge in [-0.15, -0.1) is 11.3 Å². The van der Waals surface area contributed by atoms with E-state index in [2.05, 4.69) is 31.0 Å². The molecule has 112 valence electrons. The Hall–Kier alpha value is -1.98. The van der Waals surface area contributed by atoms with Gasteiger partial charge in [0.05, 0.1) is 10.2 Å². The monoisotopic (exact) mass is 328 g/mol. The molecule has 0 atom stereocenters. The Morgan fingerprint density at radius 1 is 1.32 bits per heavy atom. The van der Waals surface area contributed by atoms with Crippen molar-refractivity contribution < 1.29 is 4.79 Å². The van der Waals surface area contributed by atoms with Gasteiger partial charge in [-0.3, -0.25) is 4.79 Å². The third-order valence-electron chi connectivity index (χ3n) is 3.38. The molecule has 0 aliphatic heterocycles. The lowest BCUT2D eigenvalue weighted by Gasteiger charge is -2.00. The van der Waals surface area contributed by atoms with Gasteiger partial charge in [-0.2, -0.15) is 4.99 Å². The van der Waals surface area contributed by atoms with E-state index >= 15 is 0 Å². The second kappa shape index (κ2) is 6.02. The van der Waals surface area contributed by atoms with Gasteiger partial charge in [0, 0.05) is 18.0 Å². The van der Waals surface area contributed by atoms with Crippen molar-refractivity contribution in [1.29, 1.82) is 0 Å². The van der Waals surface area contributed by atoms with Crippen molar-refractivity contribution in [3.8, 4) is 0 Å². The molecule has 0 saturated heterocycles. The molecule has 3 rings (SSSR count). The number of aromatic nitrogens is 1. The Morgan fingerprint density at radius 3 is 2.86 bits per heavy atom. The summed E-state index contributed by atoms with van der Waals surface area (Å²) in [4.78, 5) is 18.0. The minimum absolute atomic E-state index is 0.232. The van der Waals surface area contributed by atoms with Crippen molar-refractivity contribution in [3.05, 3.63) is 56.5 Å². The van der Waals surface area contributed by atoms with Gasteiger partial charge in [-0.05, 0) is 48.6 Å². The summed E-state index contributed by atoms with van der Waals surface area (Å²) in [5.41, 5.74) is 3.56. The standard InChI is InChI=1S/C17H16N2OS2/c1-11-9-12(2)16-14(10-11)19(3)17(22-16)18-15(20)7-6-13-5-4-8-21-13/h4-10H,1-3H3. The molecule has 0 fully saturated rings. The number of fused-ring (bicyclic) bond motifs is 1. The summed E-state index contributed by atoms with van der Waals surface area (Å²) >= 11 is 3.15. The third-order valence-corrected chi connectivity index (χ3v) is 5.50. The number of benzene rings is 1. The first-order chi connectivity index (χ1) is 10.5. The van der Waals surface area contributed by atoms with Crippen molar-refractivity contribution >= 4 is 44.9 Å². The highest BCUT2D eigenvalue weighted by atomic mass is 32.1. The molecule has 0 bridgehead atoms. The summed E-state index contributed by atoms with van der Waals surface area (Å²) in [7, 11) is 1.95. The van der Waals surface area contributed by atoms with Crippen LogP contribution in [0.1, 0.15) is 16.0 Å². The zero-order valence-electron chi connectivity index (χ0n) is 12.7. The van der Waals surface area contributed by atoms with Crippen LogP contribution in [0.2, 0.25) is 0 Å². The molecule has 0 spiro atoms. The van der Waals surface area contributed by atoms with Gasteiger partial charge in [0.25, 0.3) is 5.91 Å². The lowest BCUT2D eigenvalue weighted by atomic mass is 10.1. The van der Waals surface area contributed by atoms with Crippen LogP contribution in [0.4, 0.5) is 0 Å². The molecular formula is C17H16N2OS2. The van der Waals surface area contributed by atoms with E-state index in [1.807, 2.05) is 29.1 Å². The van der Waals surface area contributed by atoms with E-state index in [0.717, 1.165) is 15.2 Å². The van der Waals surface area contributed by atoms with Crippen molar-refractivity contribution in [2.45, 2.75) is 13.8 Å². The van der Waals surface area contributed by atoms with Crippen LogP contribution in [0.25, 0.3) is 16.3 Å². The molecule has 0 saturated carbocycles. The minimum atomic E-state index is -0.232. The lowest BCUT2D eigenvalue weighted by Crippen LogP contribution is -2.12. The number of nitrogens with zero attached hydrogens (tertiary/aromatic N) is 2. The fourth-order valence-electron chi connectivity index (χ4n) is 2.35. The highest BCUT2D eigenvalue weighted by molar-refractivity contribution is 7.16. The molecule has 0 N–H and O–H groups in total. The minimum Gasteiger partial charge on any atom is -0.319 e. The number of aryl methyl sites for hydroxylation is 3. The quantitative estimate of drug-likeness (QED) is 0.653. The van der Waals surface area contributed by atoms with Crippen LogP contribution < -0.4 is 4.80 Å². The van der Waals surface area contributed by atoms with E-state index in [1.165, 1.54) is 21.9 Å². The van der Waals surface area contributed by atoms with E-state index in [9.17, 15) is 4.79 Å². The summed E-state index contributed by atoms with van der Waals surface area (Å²) in [6.07, 6.45) is 3.33. The predicted octanol–water partition coefficient (Wildman–Crippen LogP) is 4.06. The normalized spacial score (nSPS) is 12.6. The average molecular weight is 328 g/mol. The molecule has 3 aromatic rings. The summed E-state index contributed by atoms with van der Waals surface area (Å²) in [6.45, 7) is 4.17. The number of hydrogen-bond donors (Lipinski definition) is 0. The summed E-state index contributed by atoms with van der Waals surface area (Å²) < 4.78 is 3.17. The van der Waals surface area contributed by atoms with E-state index in [-0.39, 0.29) is 5.91 Å². The molecule has 2 heterocycles. The number of rotatable bonds is 2. The van der Waals surface area contributed by atoms with Crippen LogP contribution in [0, 0.1) is 13.8 Å². The Labute approximate surface area is 136 Å². The Bertz CT molecular complexity index is 928. The molecule has 2 aromatic heterocycles. The lowest BCUT2D eigenvalue weighted by molar-refractivity contribution is -0.113. The van der Waals surface area contributed by atoms with E-state index in [4.69, 9.17) is 0 Å². The first-order valence-electron chi connectivity index (χ1n) is 6.91. The van der Waals surface area contributed by atoms with Gasteiger partial charge < -0.3 is 4.57 Å². The predicted molar refractivity (Wildman–Crippen MR) is 94.2 cm³/mol. The molecule has 0 radical (unpaired) electrons. The van der Waals surface area contributed by atoms with E-state index in [0.29, 0.717) is 0 Å².